The minimum atomic E-state index is -1.11. The first-order valence-corrected chi connectivity index (χ1v) is 6.12. The molecule has 0 amide bonds. The number of nitriles is 1. The van der Waals surface area contributed by atoms with Gasteiger partial charge in [0.05, 0.1) is 16.1 Å². The number of rotatable bonds is 2. The molecule has 21 heavy (non-hydrogen) atoms. The summed E-state index contributed by atoms with van der Waals surface area (Å²) in [5.41, 5.74) is 1.22. The van der Waals surface area contributed by atoms with Gasteiger partial charge in [0.25, 0.3) is 0 Å². The Hall–Kier alpha value is -2.98. The minimum Gasteiger partial charge on any atom is -0.478 e. The van der Waals surface area contributed by atoms with Crippen LogP contribution in [0.25, 0.3) is 17.2 Å². The Bertz CT molecular complexity index is 895. The molecule has 0 fully saturated rings. The number of hydrogen-bond donors (Lipinski definition) is 1. The second-order valence-electron chi connectivity index (χ2n) is 4.14. The molecule has 0 spiro atoms. The molecule has 102 valence electrons. The van der Waals surface area contributed by atoms with Gasteiger partial charge in [0.2, 0.25) is 0 Å². The summed E-state index contributed by atoms with van der Waals surface area (Å²) >= 11 is 6.00. The minimum absolute atomic E-state index is 0.0159. The van der Waals surface area contributed by atoms with Crippen LogP contribution in [0.4, 0.5) is 0 Å². The van der Waals surface area contributed by atoms with Crippen molar-refractivity contribution in [2.75, 3.05) is 0 Å². The van der Waals surface area contributed by atoms with Gasteiger partial charge in [-0.15, -0.1) is 10.2 Å². The average molecular weight is 300 g/mol. The van der Waals surface area contributed by atoms with Gasteiger partial charge in [-0.25, -0.2) is 4.79 Å². The number of hydrogen-bond acceptors (Lipinski definition) is 5. The van der Waals surface area contributed by atoms with Crippen molar-refractivity contribution >= 4 is 23.2 Å². The van der Waals surface area contributed by atoms with Crippen LogP contribution in [0.15, 0.2) is 30.6 Å². The van der Waals surface area contributed by atoms with Crippen LogP contribution in [0.3, 0.4) is 0 Å². The first kappa shape index (κ1) is 13.0. The van der Waals surface area contributed by atoms with E-state index >= 15 is 0 Å². The fourth-order valence-corrected chi connectivity index (χ4v) is 2.08. The summed E-state index contributed by atoms with van der Waals surface area (Å²) < 4.78 is 1.46. The number of carboxylic acid groups (broad SMARTS) is 1. The summed E-state index contributed by atoms with van der Waals surface area (Å²) in [4.78, 5) is 15.2. The van der Waals surface area contributed by atoms with E-state index in [2.05, 4.69) is 15.2 Å². The highest BCUT2D eigenvalue weighted by Crippen LogP contribution is 2.23. The lowest BCUT2D eigenvalue weighted by Gasteiger charge is -2.02. The largest absolute Gasteiger partial charge is 0.478 e. The van der Waals surface area contributed by atoms with Gasteiger partial charge in [-0.1, -0.05) is 11.6 Å². The van der Waals surface area contributed by atoms with Gasteiger partial charge in [-0.3, -0.25) is 9.38 Å². The zero-order valence-corrected chi connectivity index (χ0v) is 11.1. The maximum absolute atomic E-state index is 11.1. The van der Waals surface area contributed by atoms with Gasteiger partial charge >= 0.3 is 5.97 Å². The van der Waals surface area contributed by atoms with E-state index in [4.69, 9.17) is 22.0 Å². The second kappa shape index (κ2) is 4.85. The number of aromatic nitrogens is 4. The van der Waals surface area contributed by atoms with Gasteiger partial charge in [0.1, 0.15) is 11.8 Å². The van der Waals surface area contributed by atoms with Crippen molar-refractivity contribution in [3.63, 3.8) is 0 Å². The van der Waals surface area contributed by atoms with Crippen LogP contribution < -0.4 is 0 Å². The van der Waals surface area contributed by atoms with Crippen LogP contribution in [0, 0.1) is 11.3 Å². The molecule has 0 unspecified atom stereocenters. The number of carboxylic acids is 1. The molecule has 0 aliphatic heterocycles. The Morgan fingerprint density at radius 3 is 2.81 bits per heavy atom. The summed E-state index contributed by atoms with van der Waals surface area (Å²) in [5, 5.41) is 25.9. The predicted octanol–water partition coefficient (Wildman–Crippen LogP) is 2.01. The molecule has 8 heteroatoms. The Morgan fingerprint density at radius 2 is 2.19 bits per heavy atom. The van der Waals surface area contributed by atoms with Gasteiger partial charge in [0.15, 0.2) is 11.5 Å². The van der Waals surface area contributed by atoms with E-state index in [1.165, 1.54) is 22.9 Å². The molecule has 0 bridgehead atoms. The highest BCUT2D eigenvalue weighted by Gasteiger charge is 2.15. The molecule has 3 aromatic rings. The molecular formula is C13H6ClN5O2. The van der Waals surface area contributed by atoms with Gasteiger partial charge in [0, 0.05) is 12.4 Å². The number of aromatic carboxylic acids is 1. The lowest BCUT2D eigenvalue weighted by atomic mass is 10.2. The van der Waals surface area contributed by atoms with Crippen molar-refractivity contribution in [2.24, 2.45) is 0 Å². The van der Waals surface area contributed by atoms with Gasteiger partial charge in [-0.2, -0.15) is 5.26 Å². The monoisotopic (exact) mass is 299 g/mol. The number of fused-ring (bicyclic) bond motifs is 1. The number of pyridine rings is 2. The van der Waals surface area contributed by atoms with E-state index < -0.39 is 5.97 Å². The molecule has 7 nitrogen and oxygen atoms in total. The number of nitrogens with zero attached hydrogens (tertiary/aromatic N) is 5. The third-order valence-corrected chi connectivity index (χ3v) is 3.11. The summed E-state index contributed by atoms with van der Waals surface area (Å²) in [7, 11) is 0. The first-order valence-electron chi connectivity index (χ1n) is 5.74. The van der Waals surface area contributed by atoms with Gasteiger partial charge < -0.3 is 5.11 Å². The summed E-state index contributed by atoms with van der Waals surface area (Å²) in [6.45, 7) is 0. The Kier molecular flexibility index (Phi) is 3.01. The first-order chi connectivity index (χ1) is 10.1. The molecule has 0 aliphatic rings. The Morgan fingerprint density at radius 1 is 1.38 bits per heavy atom. The Balaban J connectivity index is 2.23. The van der Waals surface area contributed by atoms with E-state index in [-0.39, 0.29) is 10.6 Å². The lowest BCUT2D eigenvalue weighted by molar-refractivity contribution is 0.0696. The third-order valence-electron chi connectivity index (χ3n) is 2.83. The number of carbonyl (C=O) groups is 1. The molecular weight excluding hydrogens is 294 g/mol. The van der Waals surface area contributed by atoms with Crippen molar-refractivity contribution in [2.45, 2.75) is 0 Å². The SMILES string of the molecule is N#Cc1ccc(-c2nnc3c(Cl)cc(C(=O)O)cn23)nc1. The molecule has 3 rings (SSSR count). The summed E-state index contributed by atoms with van der Waals surface area (Å²) in [6.07, 6.45) is 2.78. The van der Waals surface area contributed by atoms with E-state index in [0.29, 0.717) is 22.7 Å². The predicted molar refractivity (Wildman–Crippen MR) is 72.9 cm³/mol. The standard InChI is InChI=1S/C13H6ClN5O2/c14-9-3-8(13(20)21)6-19-11(9)17-18-12(19)10-2-1-7(4-15)5-16-10/h1-3,5-6H,(H,20,21). The highest BCUT2D eigenvalue weighted by molar-refractivity contribution is 6.33. The third kappa shape index (κ3) is 2.17. The summed E-state index contributed by atoms with van der Waals surface area (Å²) in [6, 6.07) is 6.47. The lowest BCUT2D eigenvalue weighted by Crippen LogP contribution is -2.01. The fourth-order valence-electron chi connectivity index (χ4n) is 1.84. The molecule has 0 saturated heterocycles. The molecule has 3 aromatic heterocycles. The maximum Gasteiger partial charge on any atom is 0.337 e. The molecule has 0 aliphatic carbocycles. The Labute approximate surface area is 123 Å². The van der Waals surface area contributed by atoms with Crippen LogP contribution in [0.1, 0.15) is 15.9 Å². The zero-order chi connectivity index (χ0) is 15.0. The van der Waals surface area contributed by atoms with Crippen molar-refractivity contribution in [1.82, 2.24) is 19.6 Å². The average Bonchev–Trinajstić information content (AvgIpc) is 2.91. The van der Waals surface area contributed by atoms with E-state index in [1.54, 1.807) is 12.1 Å². The van der Waals surface area contributed by atoms with E-state index in [0.717, 1.165) is 0 Å². The van der Waals surface area contributed by atoms with E-state index in [9.17, 15) is 4.79 Å². The van der Waals surface area contributed by atoms with Crippen LogP contribution in [0.5, 0.6) is 0 Å². The number of halogens is 1. The van der Waals surface area contributed by atoms with Crippen molar-refractivity contribution in [1.29, 1.82) is 5.26 Å². The molecule has 0 atom stereocenters. The van der Waals surface area contributed by atoms with E-state index in [1.807, 2.05) is 6.07 Å². The van der Waals surface area contributed by atoms with Crippen LogP contribution in [-0.4, -0.2) is 30.7 Å². The normalized spacial score (nSPS) is 10.5. The fraction of sp³-hybridized carbons (Fsp3) is 0. The van der Waals surface area contributed by atoms with Crippen LogP contribution >= 0.6 is 11.6 Å². The topological polar surface area (TPSA) is 104 Å². The maximum atomic E-state index is 11.1. The molecule has 1 N–H and O–H groups in total. The van der Waals surface area contributed by atoms with Crippen LogP contribution in [0.2, 0.25) is 5.02 Å². The van der Waals surface area contributed by atoms with Crippen molar-refractivity contribution < 1.29 is 9.90 Å². The summed E-state index contributed by atoms with van der Waals surface area (Å²) in [5.74, 6) is -0.759. The molecule has 0 radical (unpaired) electrons. The highest BCUT2D eigenvalue weighted by atomic mass is 35.5. The van der Waals surface area contributed by atoms with Crippen molar-refractivity contribution in [3.05, 3.63) is 46.7 Å². The second-order valence-corrected chi connectivity index (χ2v) is 4.55. The van der Waals surface area contributed by atoms with Gasteiger partial charge in [-0.05, 0) is 18.2 Å². The smallest absolute Gasteiger partial charge is 0.337 e. The van der Waals surface area contributed by atoms with Crippen LogP contribution in [-0.2, 0) is 0 Å². The molecule has 3 heterocycles. The van der Waals surface area contributed by atoms with Crippen molar-refractivity contribution in [3.8, 4) is 17.6 Å². The zero-order valence-electron chi connectivity index (χ0n) is 10.4. The molecule has 0 aromatic carbocycles. The molecule has 0 saturated carbocycles. The quantitative estimate of drug-likeness (QED) is 0.776.